The number of carbonyl (C=O) groups excluding carboxylic acids is 1. The molecule has 1 amide bonds. The Morgan fingerprint density at radius 1 is 1.29 bits per heavy atom. The van der Waals surface area contributed by atoms with E-state index in [9.17, 15) is 15.0 Å². The summed E-state index contributed by atoms with van der Waals surface area (Å²) in [7, 11) is 0. The van der Waals surface area contributed by atoms with Gasteiger partial charge in [-0.1, -0.05) is 12.5 Å². The van der Waals surface area contributed by atoms with Gasteiger partial charge in [-0.2, -0.15) is 0 Å². The van der Waals surface area contributed by atoms with Gasteiger partial charge in [-0.05, 0) is 62.6 Å². The van der Waals surface area contributed by atoms with Crippen LogP contribution in [0.25, 0.3) is 0 Å². The molecule has 2 saturated carbocycles. The normalized spacial score (nSPS) is 41.1. The van der Waals surface area contributed by atoms with Gasteiger partial charge in [0.1, 0.15) is 11.9 Å². The van der Waals surface area contributed by atoms with Crippen LogP contribution in [-0.4, -0.2) is 58.0 Å². The maximum absolute atomic E-state index is 12.2. The van der Waals surface area contributed by atoms with E-state index in [2.05, 4.69) is 4.90 Å². The predicted molar refractivity (Wildman–Crippen MR) is 102 cm³/mol. The molecule has 0 radical (unpaired) electrons. The molecule has 0 aromatic heterocycles. The van der Waals surface area contributed by atoms with Gasteiger partial charge in [0, 0.05) is 18.2 Å². The summed E-state index contributed by atoms with van der Waals surface area (Å²) in [5.74, 6) is 0.743. The van der Waals surface area contributed by atoms with Crippen molar-refractivity contribution in [2.24, 2.45) is 11.7 Å². The maximum atomic E-state index is 12.2. The number of nitrogens with zero attached hydrogens (tertiary/aromatic N) is 1. The molecule has 2 heterocycles. The Labute approximate surface area is 164 Å². The highest BCUT2D eigenvalue weighted by atomic mass is 16.5. The molecule has 150 valence electrons. The zero-order valence-electron chi connectivity index (χ0n) is 16.1. The van der Waals surface area contributed by atoms with Crippen molar-refractivity contribution in [1.29, 1.82) is 0 Å². The quantitative estimate of drug-likeness (QED) is 0.725. The molecule has 6 nitrogen and oxygen atoms in total. The summed E-state index contributed by atoms with van der Waals surface area (Å²) in [6.45, 7) is 1.95. The van der Waals surface area contributed by atoms with Gasteiger partial charge in [0.25, 0.3) is 5.91 Å². The van der Waals surface area contributed by atoms with Gasteiger partial charge in [0.05, 0.1) is 22.7 Å². The number of hydrogen-bond donors (Lipinski definition) is 3. The van der Waals surface area contributed by atoms with Gasteiger partial charge in [0.15, 0.2) is 0 Å². The van der Waals surface area contributed by atoms with Crippen molar-refractivity contribution in [2.75, 3.05) is 13.1 Å². The first-order chi connectivity index (χ1) is 13.5. The molecule has 2 aliphatic heterocycles. The SMILES string of the molecule is NC(=O)c1ccc2c3c1O[C@H]1[C@@H](O)CC[C@@]4(O)[C@@H](C2)N(CC2CCC2)CC[C@]314. The van der Waals surface area contributed by atoms with E-state index in [0.29, 0.717) is 24.2 Å². The fraction of sp³-hybridized carbons (Fsp3) is 0.682. The fourth-order valence-electron chi connectivity index (χ4n) is 7.04. The smallest absolute Gasteiger partial charge is 0.252 e. The molecule has 5 aliphatic rings. The van der Waals surface area contributed by atoms with Crippen LogP contribution in [0, 0.1) is 5.92 Å². The summed E-state index contributed by atoms with van der Waals surface area (Å²) in [5.41, 5.74) is 6.51. The van der Waals surface area contributed by atoms with Crippen LogP contribution >= 0.6 is 0 Å². The van der Waals surface area contributed by atoms with E-state index in [4.69, 9.17) is 10.5 Å². The lowest BCUT2D eigenvalue weighted by atomic mass is 9.48. The maximum Gasteiger partial charge on any atom is 0.252 e. The van der Waals surface area contributed by atoms with Crippen LogP contribution < -0.4 is 10.5 Å². The molecule has 5 atom stereocenters. The zero-order valence-corrected chi connectivity index (χ0v) is 16.1. The molecule has 2 bridgehead atoms. The van der Waals surface area contributed by atoms with Crippen molar-refractivity contribution >= 4 is 5.91 Å². The Hall–Kier alpha value is -1.63. The number of hydrogen-bond acceptors (Lipinski definition) is 5. The Morgan fingerprint density at radius 2 is 2.11 bits per heavy atom. The van der Waals surface area contributed by atoms with E-state index in [0.717, 1.165) is 43.0 Å². The Balaban J connectivity index is 1.53. The first kappa shape index (κ1) is 17.2. The van der Waals surface area contributed by atoms with Crippen molar-refractivity contribution in [1.82, 2.24) is 4.90 Å². The molecule has 1 aromatic rings. The number of primary amides is 1. The minimum absolute atomic E-state index is 0.0401. The number of carbonyl (C=O) groups is 1. The molecule has 3 aliphatic carbocycles. The van der Waals surface area contributed by atoms with Gasteiger partial charge in [-0.3, -0.25) is 9.69 Å². The van der Waals surface area contributed by atoms with Crippen molar-refractivity contribution in [3.05, 3.63) is 28.8 Å². The average Bonchev–Trinajstić information content (AvgIpc) is 2.97. The van der Waals surface area contributed by atoms with E-state index in [1.54, 1.807) is 6.07 Å². The van der Waals surface area contributed by atoms with Crippen LogP contribution in [0.4, 0.5) is 0 Å². The van der Waals surface area contributed by atoms with E-state index in [1.165, 1.54) is 19.3 Å². The summed E-state index contributed by atoms with van der Waals surface area (Å²) >= 11 is 0. The number of nitrogens with two attached hydrogens (primary N) is 1. The van der Waals surface area contributed by atoms with Crippen LogP contribution in [0.5, 0.6) is 5.75 Å². The summed E-state index contributed by atoms with van der Waals surface area (Å²) in [4.78, 5) is 14.5. The molecule has 28 heavy (non-hydrogen) atoms. The highest BCUT2D eigenvalue weighted by Gasteiger charge is 2.72. The summed E-state index contributed by atoms with van der Waals surface area (Å²) in [5, 5.41) is 23.0. The van der Waals surface area contributed by atoms with Crippen molar-refractivity contribution in [2.45, 2.75) is 74.2 Å². The number of likely N-dealkylation sites (tertiary alicyclic amines) is 1. The van der Waals surface area contributed by atoms with Crippen molar-refractivity contribution in [3.8, 4) is 5.75 Å². The lowest BCUT2D eigenvalue weighted by Gasteiger charge is -2.64. The number of rotatable bonds is 3. The molecule has 0 unspecified atom stereocenters. The lowest BCUT2D eigenvalue weighted by molar-refractivity contribution is -0.209. The van der Waals surface area contributed by atoms with Gasteiger partial charge < -0.3 is 20.7 Å². The molecule has 6 rings (SSSR count). The molecular formula is C22H28N2O4. The molecule has 3 fully saturated rings. The van der Waals surface area contributed by atoms with Crippen molar-refractivity contribution < 1.29 is 19.7 Å². The number of amides is 1. The molecule has 4 N–H and O–H groups in total. The van der Waals surface area contributed by atoms with Gasteiger partial charge in [-0.15, -0.1) is 0 Å². The Morgan fingerprint density at radius 3 is 2.82 bits per heavy atom. The first-order valence-electron chi connectivity index (χ1n) is 10.7. The number of benzene rings is 1. The lowest BCUT2D eigenvalue weighted by Crippen LogP contribution is -2.77. The molecule has 6 heteroatoms. The minimum atomic E-state index is -0.937. The van der Waals surface area contributed by atoms with Crippen LogP contribution in [0.1, 0.15) is 60.0 Å². The van der Waals surface area contributed by atoms with Gasteiger partial charge in [-0.25, -0.2) is 0 Å². The van der Waals surface area contributed by atoms with Crippen LogP contribution in [0.3, 0.4) is 0 Å². The third-order valence-electron chi connectivity index (χ3n) is 8.55. The average molecular weight is 384 g/mol. The van der Waals surface area contributed by atoms with E-state index >= 15 is 0 Å². The van der Waals surface area contributed by atoms with E-state index < -0.39 is 29.1 Å². The molecule has 1 saturated heterocycles. The standard InChI is InChI=1S/C22H28N2O4/c23-20(26)14-5-4-13-10-16-22(27)7-6-15(25)19-21(22,17(13)18(14)28-19)8-9-24(16)11-12-2-1-3-12/h4-5,12,15-16,19,25,27H,1-3,6-11H2,(H2,23,26)/t15-,16+,19-,21-,22+/m0/s1. The Kier molecular flexibility index (Phi) is 3.38. The van der Waals surface area contributed by atoms with Gasteiger partial charge in [0.2, 0.25) is 0 Å². The van der Waals surface area contributed by atoms with E-state index in [-0.39, 0.29) is 6.04 Å². The third kappa shape index (κ3) is 1.87. The van der Waals surface area contributed by atoms with Crippen LogP contribution in [-0.2, 0) is 11.8 Å². The second-order valence-corrected chi connectivity index (χ2v) is 9.64. The minimum Gasteiger partial charge on any atom is -0.486 e. The third-order valence-corrected chi connectivity index (χ3v) is 8.55. The second-order valence-electron chi connectivity index (χ2n) is 9.64. The number of ether oxygens (including phenoxy) is 1. The van der Waals surface area contributed by atoms with Crippen LogP contribution in [0.15, 0.2) is 12.1 Å². The zero-order chi connectivity index (χ0) is 19.3. The monoisotopic (exact) mass is 384 g/mol. The van der Waals surface area contributed by atoms with Crippen molar-refractivity contribution in [3.63, 3.8) is 0 Å². The topological polar surface area (TPSA) is 96.0 Å². The van der Waals surface area contributed by atoms with E-state index in [1.807, 2.05) is 6.07 Å². The highest BCUT2D eigenvalue weighted by molar-refractivity contribution is 5.97. The summed E-state index contributed by atoms with van der Waals surface area (Å²) in [6, 6.07) is 3.79. The number of piperidine rings is 1. The summed E-state index contributed by atoms with van der Waals surface area (Å²) < 4.78 is 6.27. The largest absolute Gasteiger partial charge is 0.486 e. The summed E-state index contributed by atoms with van der Waals surface area (Å²) in [6.07, 6.45) is 5.36. The Bertz CT molecular complexity index is 868. The van der Waals surface area contributed by atoms with Crippen LogP contribution in [0.2, 0.25) is 0 Å². The number of aliphatic hydroxyl groups is 2. The fourth-order valence-corrected chi connectivity index (χ4v) is 7.04. The molecular weight excluding hydrogens is 356 g/mol. The number of aliphatic hydroxyl groups excluding tert-OH is 1. The first-order valence-corrected chi connectivity index (χ1v) is 10.7. The molecule has 1 aromatic carbocycles. The van der Waals surface area contributed by atoms with Gasteiger partial charge >= 0.3 is 0 Å². The predicted octanol–water partition coefficient (Wildman–Crippen LogP) is 1.10. The second kappa shape index (κ2) is 5.49. The molecule has 1 spiro atoms. The highest BCUT2D eigenvalue weighted by Crippen LogP contribution is 2.64.